The Morgan fingerprint density at radius 2 is 1.44 bits per heavy atom. The van der Waals surface area contributed by atoms with Crippen LogP contribution in [0.2, 0.25) is 0 Å². The molecular formula is C24H25NO9. The summed E-state index contributed by atoms with van der Waals surface area (Å²) in [5.74, 6) is -5.15. The third-order valence-electron chi connectivity index (χ3n) is 4.94. The van der Waals surface area contributed by atoms with E-state index in [1.165, 1.54) is 38.1 Å². The molecule has 0 saturated carbocycles. The summed E-state index contributed by atoms with van der Waals surface area (Å²) in [4.78, 5) is 62.0. The van der Waals surface area contributed by atoms with Crippen molar-refractivity contribution in [3.8, 4) is 0 Å². The lowest BCUT2D eigenvalue weighted by Crippen LogP contribution is -2.56. The normalized spacial score (nSPS) is 11.7. The fraction of sp³-hybridized carbons (Fsp3) is 0.333. The molecule has 180 valence electrons. The standard InChI is InChI=1S/C24H25NO9/c1-4-32-22(28)24(34-16(3)26,23(29)33-5-2)20(17-9-7-6-8-10-17)15-21(27)18-11-13-19(14-12-18)25(30)31/h6-14,20H,4-5,15H2,1-3H3/t20-/m1/s1. The summed E-state index contributed by atoms with van der Waals surface area (Å²) in [7, 11) is 0. The number of rotatable bonds is 11. The Balaban J connectivity index is 2.66. The van der Waals surface area contributed by atoms with E-state index in [1.807, 2.05) is 0 Å². The number of ether oxygens (including phenoxy) is 3. The van der Waals surface area contributed by atoms with Crippen molar-refractivity contribution in [1.29, 1.82) is 0 Å². The van der Waals surface area contributed by atoms with Crippen molar-refractivity contribution >= 4 is 29.4 Å². The maximum absolute atomic E-state index is 13.2. The van der Waals surface area contributed by atoms with Gasteiger partial charge in [-0.2, -0.15) is 0 Å². The Morgan fingerprint density at radius 1 is 0.912 bits per heavy atom. The number of hydrogen-bond donors (Lipinski definition) is 0. The molecule has 0 amide bonds. The number of benzene rings is 2. The van der Waals surface area contributed by atoms with Gasteiger partial charge in [-0.3, -0.25) is 19.7 Å². The molecule has 1 atom stereocenters. The van der Waals surface area contributed by atoms with Gasteiger partial charge in [-0.1, -0.05) is 30.3 Å². The molecule has 0 spiro atoms. The van der Waals surface area contributed by atoms with Crippen LogP contribution in [-0.4, -0.2) is 47.4 Å². The summed E-state index contributed by atoms with van der Waals surface area (Å²) in [6.07, 6.45) is -0.466. The highest BCUT2D eigenvalue weighted by Crippen LogP contribution is 2.38. The van der Waals surface area contributed by atoms with E-state index in [0.29, 0.717) is 5.56 Å². The minimum absolute atomic E-state index is 0.107. The van der Waals surface area contributed by atoms with E-state index in [2.05, 4.69) is 0 Å². The van der Waals surface area contributed by atoms with Gasteiger partial charge in [0.15, 0.2) is 5.78 Å². The van der Waals surface area contributed by atoms with Crippen molar-refractivity contribution in [2.45, 2.75) is 38.7 Å². The van der Waals surface area contributed by atoms with Crippen LogP contribution in [0.1, 0.15) is 49.0 Å². The van der Waals surface area contributed by atoms with Gasteiger partial charge in [-0.05, 0) is 31.5 Å². The van der Waals surface area contributed by atoms with Crippen molar-refractivity contribution in [2.24, 2.45) is 0 Å². The van der Waals surface area contributed by atoms with E-state index in [4.69, 9.17) is 14.2 Å². The van der Waals surface area contributed by atoms with E-state index in [0.717, 1.165) is 6.92 Å². The third kappa shape index (κ3) is 5.83. The first-order valence-corrected chi connectivity index (χ1v) is 10.5. The predicted octanol–water partition coefficient (Wildman–Crippen LogP) is 3.38. The number of Topliss-reactive ketones (excluding diaryl/α,β-unsaturated/α-hetero) is 1. The topological polar surface area (TPSA) is 139 Å². The number of esters is 3. The summed E-state index contributed by atoms with van der Waals surface area (Å²) >= 11 is 0. The third-order valence-corrected chi connectivity index (χ3v) is 4.94. The summed E-state index contributed by atoms with van der Waals surface area (Å²) in [6, 6.07) is 13.0. The molecule has 0 radical (unpaired) electrons. The van der Waals surface area contributed by atoms with Gasteiger partial charge in [-0.15, -0.1) is 0 Å². The molecule has 10 heteroatoms. The molecule has 0 unspecified atom stereocenters. The van der Waals surface area contributed by atoms with E-state index >= 15 is 0 Å². The van der Waals surface area contributed by atoms with Gasteiger partial charge in [0.25, 0.3) is 5.69 Å². The number of nitro groups is 1. The summed E-state index contributed by atoms with van der Waals surface area (Å²) in [5, 5.41) is 10.9. The van der Waals surface area contributed by atoms with E-state index < -0.39 is 46.6 Å². The second kappa shape index (κ2) is 11.7. The van der Waals surface area contributed by atoms with Gasteiger partial charge in [0.1, 0.15) is 0 Å². The van der Waals surface area contributed by atoms with Crippen LogP contribution >= 0.6 is 0 Å². The first-order valence-electron chi connectivity index (χ1n) is 10.5. The number of nitro benzene ring substituents is 1. The largest absolute Gasteiger partial charge is 0.463 e. The van der Waals surface area contributed by atoms with E-state index in [-0.39, 0.29) is 24.5 Å². The molecule has 2 aromatic rings. The van der Waals surface area contributed by atoms with Crippen LogP contribution in [-0.2, 0) is 28.6 Å². The van der Waals surface area contributed by atoms with Crippen LogP contribution in [0, 0.1) is 10.1 Å². The fourth-order valence-corrected chi connectivity index (χ4v) is 3.48. The Labute approximate surface area is 196 Å². The quantitative estimate of drug-likeness (QED) is 0.120. The lowest BCUT2D eigenvalue weighted by molar-refractivity contribution is -0.384. The molecule has 0 N–H and O–H groups in total. The van der Waals surface area contributed by atoms with Crippen LogP contribution in [0.15, 0.2) is 54.6 Å². The first kappa shape index (κ1) is 26.2. The smallest absolute Gasteiger partial charge is 0.363 e. The molecule has 0 saturated heterocycles. The molecule has 0 heterocycles. The Kier molecular flexibility index (Phi) is 9.00. The van der Waals surface area contributed by atoms with Crippen molar-refractivity contribution in [1.82, 2.24) is 0 Å². The molecule has 10 nitrogen and oxygen atoms in total. The fourth-order valence-electron chi connectivity index (χ4n) is 3.48. The lowest BCUT2D eigenvalue weighted by Gasteiger charge is -2.35. The number of carbonyl (C=O) groups excluding carboxylic acids is 4. The van der Waals surface area contributed by atoms with Gasteiger partial charge >= 0.3 is 23.5 Å². The van der Waals surface area contributed by atoms with Crippen molar-refractivity contribution in [3.05, 3.63) is 75.8 Å². The zero-order chi connectivity index (χ0) is 25.3. The van der Waals surface area contributed by atoms with Crippen LogP contribution in [0.4, 0.5) is 5.69 Å². The first-order chi connectivity index (χ1) is 16.2. The monoisotopic (exact) mass is 471 g/mol. The number of nitrogens with zero attached hydrogens (tertiary/aromatic N) is 1. The lowest BCUT2D eigenvalue weighted by atomic mass is 9.77. The molecule has 2 aromatic carbocycles. The molecule has 0 aliphatic heterocycles. The highest BCUT2D eigenvalue weighted by Gasteiger charge is 2.59. The second-order valence-electron chi connectivity index (χ2n) is 7.16. The van der Waals surface area contributed by atoms with Gasteiger partial charge in [-0.25, -0.2) is 9.59 Å². The SMILES string of the molecule is CCOC(=O)C(OC(C)=O)(C(=O)OCC)[C@H](CC(=O)c1ccc([N+](=O)[O-])cc1)c1ccccc1. The van der Waals surface area contributed by atoms with Crippen LogP contribution in [0.3, 0.4) is 0 Å². The van der Waals surface area contributed by atoms with Gasteiger partial charge in [0.2, 0.25) is 0 Å². The maximum atomic E-state index is 13.2. The van der Waals surface area contributed by atoms with Gasteiger partial charge < -0.3 is 14.2 Å². The van der Waals surface area contributed by atoms with Crippen molar-refractivity contribution < 1.29 is 38.3 Å². The van der Waals surface area contributed by atoms with Gasteiger partial charge in [0.05, 0.1) is 24.1 Å². The highest BCUT2D eigenvalue weighted by molar-refractivity contribution is 6.08. The minimum Gasteiger partial charge on any atom is -0.463 e. The van der Waals surface area contributed by atoms with Crippen LogP contribution < -0.4 is 0 Å². The maximum Gasteiger partial charge on any atom is 0.363 e. The highest BCUT2D eigenvalue weighted by atomic mass is 16.6. The summed E-state index contributed by atoms with van der Waals surface area (Å²) in [5.41, 5.74) is -2.34. The molecule has 0 fully saturated rings. The van der Waals surface area contributed by atoms with E-state index in [1.54, 1.807) is 30.3 Å². The van der Waals surface area contributed by atoms with Crippen molar-refractivity contribution in [2.75, 3.05) is 13.2 Å². The average molecular weight is 471 g/mol. The Bertz CT molecular complexity index is 1030. The molecule has 0 aromatic heterocycles. The minimum atomic E-state index is -2.59. The number of carbonyl (C=O) groups is 4. The zero-order valence-electron chi connectivity index (χ0n) is 19.0. The Hall–Kier alpha value is -4.08. The average Bonchev–Trinajstić information content (AvgIpc) is 2.81. The summed E-state index contributed by atoms with van der Waals surface area (Å²) < 4.78 is 15.5. The zero-order valence-corrected chi connectivity index (χ0v) is 19.0. The summed E-state index contributed by atoms with van der Waals surface area (Å²) in [6.45, 7) is 3.80. The van der Waals surface area contributed by atoms with Crippen LogP contribution in [0.5, 0.6) is 0 Å². The van der Waals surface area contributed by atoms with Crippen molar-refractivity contribution in [3.63, 3.8) is 0 Å². The second-order valence-corrected chi connectivity index (χ2v) is 7.16. The van der Waals surface area contributed by atoms with E-state index in [9.17, 15) is 29.3 Å². The molecular weight excluding hydrogens is 446 g/mol. The molecule has 34 heavy (non-hydrogen) atoms. The molecule has 2 rings (SSSR count). The van der Waals surface area contributed by atoms with Crippen LogP contribution in [0.25, 0.3) is 0 Å². The Morgan fingerprint density at radius 3 is 1.88 bits per heavy atom. The molecule has 0 aliphatic carbocycles. The molecule has 0 bridgehead atoms. The number of hydrogen-bond acceptors (Lipinski definition) is 9. The molecule has 0 aliphatic rings. The number of ketones is 1. The predicted molar refractivity (Wildman–Crippen MR) is 119 cm³/mol. The number of non-ortho nitro benzene ring substituents is 1. The van der Waals surface area contributed by atoms with Gasteiger partial charge in [0, 0.05) is 31.0 Å².